The third-order valence-corrected chi connectivity index (χ3v) is 4.60. The van der Waals surface area contributed by atoms with Crippen molar-refractivity contribution in [3.05, 3.63) is 107 Å². The maximum Gasteiger partial charge on any atom is 0.0486 e. The molecule has 3 aromatic carbocycles. The highest BCUT2D eigenvalue weighted by molar-refractivity contribution is 6.31. The van der Waals surface area contributed by atoms with E-state index in [-0.39, 0.29) is 0 Å². The van der Waals surface area contributed by atoms with Gasteiger partial charge in [0.25, 0.3) is 0 Å². The lowest BCUT2D eigenvalue weighted by Crippen LogP contribution is -2.04. The predicted molar refractivity (Wildman–Crippen MR) is 102 cm³/mol. The molecule has 24 heavy (non-hydrogen) atoms. The number of benzene rings is 3. The smallest absolute Gasteiger partial charge is 0.0486 e. The van der Waals surface area contributed by atoms with E-state index in [9.17, 15) is 0 Å². The highest BCUT2D eigenvalue weighted by Crippen LogP contribution is 2.26. The summed E-state index contributed by atoms with van der Waals surface area (Å²) in [5.74, 6) is 0. The van der Waals surface area contributed by atoms with Gasteiger partial charge in [-0.15, -0.1) is 0 Å². The molecule has 118 valence electrons. The molecule has 0 unspecified atom stereocenters. The number of hydrogen-bond acceptors (Lipinski definition) is 0. The van der Waals surface area contributed by atoms with Crippen LogP contribution in [0.3, 0.4) is 0 Å². The van der Waals surface area contributed by atoms with Crippen molar-refractivity contribution in [2.45, 2.75) is 13.0 Å². The molecule has 0 saturated carbocycles. The minimum absolute atomic E-state index is 0.783. The van der Waals surface area contributed by atoms with Gasteiger partial charge in [-0.1, -0.05) is 72.3 Å². The van der Waals surface area contributed by atoms with Crippen molar-refractivity contribution in [2.24, 2.45) is 0 Å². The maximum atomic E-state index is 6.19. The summed E-state index contributed by atoms with van der Waals surface area (Å²) in [4.78, 5) is 0. The van der Waals surface area contributed by atoms with E-state index in [0.717, 1.165) is 18.0 Å². The highest BCUT2D eigenvalue weighted by atomic mass is 35.5. The fourth-order valence-corrected chi connectivity index (χ4v) is 3.38. The van der Waals surface area contributed by atoms with Crippen molar-refractivity contribution in [1.82, 2.24) is 4.57 Å². The molecule has 1 heterocycles. The van der Waals surface area contributed by atoms with Crippen LogP contribution in [0.15, 0.2) is 84.9 Å². The minimum Gasteiger partial charge on any atom is -0.340 e. The molecule has 0 N–H and O–H groups in total. The third-order valence-electron chi connectivity index (χ3n) is 4.36. The summed E-state index contributed by atoms with van der Waals surface area (Å²) < 4.78 is 2.40. The molecule has 0 radical (unpaired) electrons. The van der Waals surface area contributed by atoms with E-state index in [0.29, 0.717) is 0 Å². The zero-order chi connectivity index (χ0) is 16.4. The molecule has 0 atom stereocenters. The van der Waals surface area contributed by atoms with Gasteiger partial charge < -0.3 is 4.57 Å². The first kappa shape index (κ1) is 15.0. The molecule has 0 fully saturated rings. The third kappa shape index (κ3) is 3.08. The number of fused-ring (bicyclic) bond motifs is 1. The van der Waals surface area contributed by atoms with Crippen LogP contribution in [0, 0.1) is 0 Å². The quantitative estimate of drug-likeness (QED) is 0.436. The predicted octanol–water partition coefficient (Wildman–Crippen LogP) is 5.93. The second kappa shape index (κ2) is 6.54. The van der Waals surface area contributed by atoms with Gasteiger partial charge in [0.15, 0.2) is 0 Å². The van der Waals surface area contributed by atoms with E-state index < -0.39 is 0 Å². The van der Waals surface area contributed by atoms with E-state index in [4.69, 9.17) is 11.6 Å². The summed E-state index contributed by atoms with van der Waals surface area (Å²) in [6.07, 6.45) is 0.917. The Labute approximate surface area is 147 Å². The average Bonchev–Trinajstić information content (AvgIpc) is 2.93. The fraction of sp³-hybridized carbons (Fsp3) is 0.0909. The monoisotopic (exact) mass is 331 g/mol. The molecule has 2 heteroatoms. The summed E-state index contributed by atoms with van der Waals surface area (Å²) in [6.45, 7) is 0.869. The van der Waals surface area contributed by atoms with Crippen LogP contribution in [-0.4, -0.2) is 4.57 Å². The molecule has 0 bridgehead atoms. The zero-order valence-electron chi connectivity index (χ0n) is 13.3. The molecule has 0 spiro atoms. The van der Waals surface area contributed by atoms with Crippen LogP contribution in [0.4, 0.5) is 0 Å². The number of hydrogen-bond donors (Lipinski definition) is 0. The number of rotatable bonds is 4. The van der Waals surface area contributed by atoms with Crippen LogP contribution in [0.5, 0.6) is 0 Å². The fourth-order valence-electron chi connectivity index (χ4n) is 3.20. The molecular weight excluding hydrogens is 314 g/mol. The summed E-state index contributed by atoms with van der Waals surface area (Å²) in [5.41, 5.74) is 5.16. The Bertz CT molecular complexity index is 955. The summed E-state index contributed by atoms with van der Waals surface area (Å²) in [7, 11) is 0. The molecule has 4 rings (SSSR count). The number of halogens is 1. The van der Waals surface area contributed by atoms with Gasteiger partial charge in [-0.2, -0.15) is 0 Å². The van der Waals surface area contributed by atoms with Crippen LogP contribution in [0.25, 0.3) is 10.9 Å². The first-order chi connectivity index (χ1) is 11.8. The SMILES string of the molecule is Clc1ccc2c(c1)cc(Cc1ccccc1)n2Cc1ccccc1. The van der Waals surface area contributed by atoms with Gasteiger partial charge in [0.2, 0.25) is 0 Å². The van der Waals surface area contributed by atoms with Crippen molar-refractivity contribution < 1.29 is 0 Å². The lowest BCUT2D eigenvalue weighted by molar-refractivity contribution is 0.785. The molecule has 0 aliphatic carbocycles. The second-order valence-electron chi connectivity index (χ2n) is 6.07. The van der Waals surface area contributed by atoms with Crippen LogP contribution in [0.2, 0.25) is 5.02 Å². The lowest BCUT2D eigenvalue weighted by Gasteiger charge is -2.11. The van der Waals surface area contributed by atoms with E-state index >= 15 is 0 Å². The molecule has 4 aromatic rings. The molecular formula is C22H18ClN. The Morgan fingerprint density at radius 1 is 0.708 bits per heavy atom. The highest BCUT2D eigenvalue weighted by Gasteiger charge is 2.10. The van der Waals surface area contributed by atoms with Gasteiger partial charge in [-0.3, -0.25) is 0 Å². The Balaban J connectivity index is 1.80. The summed E-state index contributed by atoms with van der Waals surface area (Å²) >= 11 is 6.19. The van der Waals surface area contributed by atoms with Gasteiger partial charge in [0.1, 0.15) is 0 Å². The van der Waals surface area contributed by atoms with Crippen molar-refractivity contribution >= 4 is 22.5 Å². The standard InChI is InChI=1S/C22H18ClN/c23-20-11-12-22-19(14-20)15-21(13-17-7-3-1-4-8-17)24(22)16-18-9-5-2-6-10-18/h1-12,14-15H,13,16H2. The van der Waals surface area contributed by atoms with Crippen LogP contribution < -0.4 is 0 Å². The maximum absolute atomic E-state index is 6.19. The molecule has 0 saturated heterocycles. The first-order valence-corrected chi connectivity index (χ1v) is 8.53. The van der Waals surface area contributed by atoms with Crippen LogP contribution >= 0.6 is 11.6 Å². The molecule has 0 amide bonds. The van der Waals surface area contributed by atoms with Gasteiger partial charge in [0.05, 0.1) is 0 Å². The van der Waals surface area contributed by atoms with Crippen LogP contribution in [0.1, 0.15) is 16.8 Å². The topological polar surface area (TPSA) is 4.93 Å². The molecule has 0 aliphatic rings. The Morgan fingerprint density at radius 2 is 1.38 bits per heavy atom. The average molecular weight is 332 g/mol. The number of nitrogens with zero attached hydrogens (tertiary/aromatic N) is 1. The van der Waals surface area contributed by atoms with Crippen molar-refractivity contribution in [2.75, 3.05) is 0 Å². The first-order valence-electron chi connectivity index (χ1n) is 8.15. The van der Waals surface area contributed by atoms with Crippen molar-refractivity contribution in [1.29, 1.82) is 0 Å². The zero-order valence-corrected chi connectivity index (χ0v) is 14.1. The van der Waals surface area contributed by atoms with E-state index in [1.165, 1.54) is 27.7 Å². The van der Waals surface area contributed by atoms with Gasteiger partial charge in [-0.05, 0) is 35.4 Å². The van der Waals surface area contributed by atoms with E-state index in [2.05, 4.69) is 77.4 Å². The number of aromatic nitrogens is 1. The second-order valence-corrected chi connectivity index (χ2v) is 6.51. The normalized spacial score (nSPS) is 11.0. The molecule has 1 aromatic heterocycles. The summed E-state index contributed by atoms with van der Waals surface area (Å²) in [6, 6.07) is 29.6. The molecule has 1 nitrogen and oxygen atoms in total. The summed E-state index contributed by atoms with van der Waals surface area (Å²) in [5, 5.41) is 1.98. The Kier molecular flexibility index (Phi) is 4.10. The van der Waals surface area contributed by atoms with Crippen molar-refractivity contribution in [3.63, 3.8) is 0 Å². The van der Waals surface area contributed by atoms with Gasteiger partial charge >= 0.3 is 0 Å². The van der Waals surface area contributed by atoms with Crippen molar-refractivity contribution in [3.8, 4) is 0 Å². The van der Waals surface area contributed by atoms with E-state index in [1.54, 1.807) is 0 Å². The van der Waals surface area contributed by atoms with Gasteiger partial charge in [0, 0.05) is 34.6 Å². The lowest BCUT2D eigenvalue weighted by atomic mass is 10.1. The Hall–Kier alpha value is -2.51. The largest absolute Gasteiger partial charge is 0.340 e. The van der Waals surface area contributed by atoms with E-state index in [1.807, 2.05) is 12.1 Å². The molecule has 0 aliphatic heterocycles. The van der Waals surface area contributed by atoms with Gasteiger partial charge in [-0.25, -0.2) is 0 Å². The van der Waals surface area contributed by atoms with Crippen LogP contribution in [-0.2, 0) is 13.0 Å². The minimum atomic E-state index is 0.783. The Morgan fingerprint density at radius 3 is 2.08 bits per heavy atom.